The molecular weight excluding hydrogens is 973 g/mol. The van der Waals surface area contributed by atoms with E-state index in [1.165, 1.54) is 89.9 Å². The topological polar surface area (TPSA) is 78.9 Å². The van der Waals surface area contributed by atoms with Crippen LogP contribution in [0.2, 0.25) is 0 Å². The van der Waals surface area contributed by atoms with Gasteiger partial charge in [0.15, 0.2) is 6.10 Å². The van der Waals surface area contributed by atoms with Gasteiger partial charge in [-0.15, -0.1) is 0 Å². The highest BCUT2D eigenvalue weighted by Crippen LogP contribution is 2.15. The second-order valence-corrected chi connectivity index (χ2v) is 20.9. The first-order chi connectivity index (χ1) is 39.0. The Hall–Kier alpha value is -4.71. The third-order valence-corrected chi connectivity index (χ3v) is 13.3. The van der Waals surface area contributed by atoms with Gasteiger partial charge in [0.05, 0.1) is 0 Å². The summed E-state index contributed by atoms with van der Waals surface area (Å²) in [6.07, 6.45) is 94.2. The van der Waals surface area contributed by atoms with Crippen molar-refractivity contribution < 1.29 is 28.6 Å². The van der Waals surface area contributed by atoms with Crippen LogP contribution in [0.4, 0.5) is 0 Å². The van der Waals surface area contributed by atoms with Gasteiger partial charge < -0.3 is 14.2 Å². The lowest BCUT2D eigenvalue weighted by molar-refractivity contribution is -0.167. The van der Waals surface area contributed by atoms with Crippen LogP contribution in [-0.4, -0.2) is 37.2 Å². The molecule has 0 fully saturated rings. The molecule has 0 aliphatic carbocycles. The van der Waals surface area contributed by atoms with E-state index in [4.69, 9.17) is 14.2 Å². The van der Waals surface area contributed by atoms with Gasteiger partial charge in [-0.2, -0.15) is 0 Å². The highest BCUT2D eigenvalue weighted by atomic mass is 16.6. The van der Waals surface area contributed by atoms with Crippen molar-refractivity contribution >= 4 is 17.9 Å². The molecule has 0 N–H and O–H groups in total. The molecule has 0 aliphatic heterocycles. The average Bonchev–Trinajstić information content (AvgIpc) is 3.45. The first kappa shape index (κ1) is 74.3. The van der Waals surface area contributed by atoms with E-state index in [9.17, 15) is 14.4 Å². The van der Waals surface area contributed by atoms with E-state index in [0.717, 1.165) is 141 Å². The Bertz CT molecular complexity index is 1730. The fraction of sp³-hybridized carbons (Fsp3) is 0.630. The van der Waals surface area contributed by atoms with E-state index in [1.807, 2.05) is 0 Å². The predicted molar refractivity (Wildman–Crippen MR) is 343 cm³/mol. The van der Waals surface area contributed by atoms with Crippen molar-refractivity contribution in [2.45, 2.75) is 284 Å². The quantitative estimate of drug-likeness (QED) is 0.0261. The van der Waals surface area contributed by atoms with Crippen molar-refractivity contribution in [3.8, 4) is 0 Å². The van der Waals surface area contributed by atoms with E-state index >= 15 is 0 Å². The minimum Gasteiger partial charge on any atom is -0.462 e. The Morgan fingerprint density at radius 3 is 0.797 bits per heavy atom. The summed E-state index contributed by atoms with van der Waals surface area (Å²) >= 11 is 0. The minimum absolute atomic E-state index is 0.109. The van der Waals surface area contributed by atoms with Crippen LogP contribution in [0.1, 0.15) is 278 Å². The van der Waals surface area contributed by atoms with Crippen molar-refractivity contribution in [3.63, 3.8) is 0 Å². The van der Waals surface area contributed by atoms with Crippen LogP contribution in [0.5, 0.6) is 0 Å². The van der Waals surface area contributed by atoms with Gasteiger partial charge in [0.1, 0.15) is 13.2 Å². The molecule has 1 atom stereocenters. The summed E-state index contributed by atoms with van der Waals surface area (Å²) in [4.78, 5) is 38.3. The normalized spacial score (nSPS) is 13.1. The third-order valence-electron chi connectivity index (χ3n) is 13.3. The third kappa shape index (κ3) is 64.0. The number of hydrogen-bond acceptors (Lipinski definition) is 6. The Balaban J connectivity index is 4.47. The van der Waals surface area contributed by atoms with Crippen LogP contribution < -0.4 is 0 Å². The number of rotatable bonds is 57. The molecular formula is C73H118O6. The predicted octanol–water partition coefficient (Wildman–Crippen LogP) is 22.3. The number of hydrogen-bond donors (Lipinski definition) is 0. The number of ether oxygens (including phenoxy) is 3. The Kier molecular flexibility index (Phi) is 61.9. The second-order valence-electron chi connectivity index (χ2n) is 20.9. The van der Waals surface area contributed by atoms with Gasteiger partial charge in [-0.3, -0.25) is 14.4 Å². The molecule has 0 rings (SSSR count). The molecule has 0 aliphatic rings. The molecule has 0 saturated heterocycles. The van der Waals surface area contributed by atoms with E-state index in [1.54, 1.807) is 0 Å². The number of unbranched alkanes of at least 4 members (excludes halogenated alkanes) is 22. The average molecular weight is 1090 g/mol. The van der Waals surface area contributed by atoms with Gasteiger partial charge in [-0.25, -0.2) is 0 Å². The first-order valence-electron chi connectivity index (χ1n) is 32.3. The molecule has 0 aromatic heterocycles. The van der Waals surface area contributed by atoms with Gasteiger partial charge in [0.25, 0.3) is 0 Å². The summed E-state index contributed by atoms with van der Waals surface area (Å²) in [5.74, 6) is -0.974. The standard InChI is InChI=1S/C73H118O6/c1-4-7-10-13-16-19-22-25-28-30-32-34-35-36-37-39-40-42-45-48-51-54-57-60-63-66-72(75)78-69-70(68-77-71(74)65-62-59-56-53-50-47-44-27-24-21-18-15-12-9-6-3)79-73(76)67-64-61-58-55-52-49-46-43-41-38-33-31-29-26-23-20-17-14-11-8-5-2/h8-9,11-12,17-18,20-22,25-27,29-30,32-33,35-36,38,43-44,46,52,55,70H,4-7,10,13-16,19,23-24,28,31,34,37,39-42,45,47-51,53-54,56-69H2,1-3H3/b11-8-,12-9-,20-17-,21-18-,25-22-,29-26-,32-30-,36-35-,38-33-,44-27-,46-43-,55-52-. The lowest BCUT2D eigenvalue weighted by Gasteiger charge is -2.18. The Labute approximate surface area is 487 Å². The number of carbonyl (C=O) groups excluding carboxylic acids is 3. The molecule has 1 unspecified atom stereocenters. The summed E-state index contributed by atoms with van der Waals surface area (Å²) < 4.78 is 16.9. The lowest BCUT2D eigenvalue weighted by Crippen LogP contribution is -2.30. The highest BCUT2D eigenvalue weighted by Gasteiger charge is 2.19. The van der Waals surface area contributed by atoms with Crippen molar-refractivity contribution in [3.05, 3.63) is 146 Å². The van der Waals surface area contributed by atoms with Crippen LogP contribution in [-0.2, 0) is 28.6 Å². The number of allylic oxidation sites excluding steroid dienone is 24. The van der Waals surface area contributed by atoms with Crippen LogP contribution in [0.25, 0.3) is 0 Å². The molecule has 0 heterocycles. The van der Waals surface area contributed by atoms with Crippen LogP contribution in [0.3, 0.4) is 0 Å². The maximum absolute atomic E-state index is 12.9. The van der Waals surface area contributed by atoms with Gasteiger partial charge in [-0.1, -0.05) is 263 Å². The van der Waals surface area contributed by atoms with E-state index in [2.05, 4.69) is 167 Å². The Morgan fingerprint density at radius 2 is 0.494 bits per heavy atom. The summed E-state index contributed by atoms with van der Waals surface area (Å²) in [5, 5.41) is 0. The molecule has 6 nitrogen and oxygen atoms in total. The fourth-order valence-electron chi connectivity index (χ4n) is 8.53. The molecule has 0 aromatic rings. The smallest absolute Gasteiger partial charge is 0.306 e. The lowest BCUT2D eigenvalue weighted by atomic mass is 10.1. The SMILES string of the molecule is CC/C=C\C/C=C\C/C=C\C/C=C\C/C=C\C/C=C\CCCCC(=O)OC(COC(=O)CCCCCCC/C=C\C/C=C\C/C=C\CC)COC(=O)CCCCCCCCCCCC/C=C\C/C=C\C/C=C\CCCCCCC. The fourth-order valence-corrected chi connectivity index (χ4v) is 8.53. The van der Waals surface area contributed by atoms with Gasteiger partial charge in [-0.05, 0) is 141 Å². The van der Waals surface area contributed by atoms with E-state index in [-0.39, 0.29) is 37.5 Å². The van der Waals surface area contributed by atoms with Crippen molar-refractivity contribution in [2.24, 2.45) is 0 Å². The summed E-state index contributed by atoms with van der Waals surface area (Å²) in [5.41, 5.74) is 0. The summed E-state index contributed by atoms with van der Waals surface area (Å²) in [7, 11) is 0. The molecule has 0 radical (unpaired) electrons. The minimum atomic E-state index is -0.818. The summed E-state index contributed by atoms with van der Waals surface area (Å²) in [6, 6.07) is 0. The van der Waals surface area contributed by atoms with E-state index < -0.39 is 6.10 Å². The monoisotopic (exact) mass is 1090 g/mol. The molecule has 0 saturated carbocycles. The van der Waals surface area contributed by atoms with Crippen molar-refractivity contribution in [1.82, 2.24) is 0 Å². The highest BCUT2D eigenvalue weighted by molar-refractivity contribution is 5.71. The maximum atomic E-state index is 12.9. The van der Waals surface area contributed by atoms with Crippen molar-refractivity contribution in [2.75, 3.05) is 13.2 Å². The van der Waals surface area contributed by atoms with Gasteiger partial charge in [0.2, 0.25) is 0 Å². The molecule has 0 amide bonds. The zero-order chi connectivity index (χ0) is 57.1. The van der Waals surface area contributed by atoms with Crippen LogP contribution in [0.15, 0.2) is 146 Å². The van der Waals surface area contributed by atoms with Gasteiger partial charge in [0, 0.05) is 19.3 Å². The van der Waals surface area contributed by atoms with Crippen LogP contribution in [0, 0.1) is 0 Å². The number of esters is 3. The summed E-state index contributed by atoms with van der Waals surface area (Å²) in [6.45, 7) is 6.35. The molecule has 0 spiro atoms. The van der Waals surface area contributed by atoms with Crippen LogP contribution >= 0.6 is 0 Å². The zero-order valence-corrected chi connectivity index (χ0v) is 51.1. The molecule has 446 valence electrons. The maximum Gasteiger partial charge on any atom is 0.306 e. The molecule has 6 heteroatoms. The van der Waals surface area contributed by atoms with Gasteiger partial charge >= 0.3 is 17.9 Å². The molecule has 0 aromatic carbocycles. The molecule has 0 bridgehead atoms. The zero-order valence-electron chi connectivity index (χ0n) is 51.1. The van der Waals surface area contributed by atoms with E-state index in [0.29, 0.717) is 19.3 Å². The van der Waals surface area contributed by atoms with Crippen molar-refractivity contribution in [1.29, 1.82) is 0 Å². The second kappa shape index (κ2) is 65.8. The first-order valence-corrected chi connectivity index (χ1v) is 32.3. The largest absolute Gasteiger partial charge is 0.462 e. The number of carbonyl (C=O) groups is 3. The molecule has 79 heavy (non-hydrogen) atoms. The Morgan fingerprint density at radius 1 is 0.266 bits per heavy atom.